The lowest BCUT2D eigenvalue weighted by Gasteiger charge is -2.22. The van der Waals surface area contributed by atoms with Crippen molar-refractivity contribution in [3.05, 3.63) is 34.9 Å². The van der Waals surface area contributed by atoms with Crippen molar-refractivity contribution in [1.82, 2.24) is 5.32 Å². The molecule has 3 rings (SSSR count). The molecule has 0 spiro atoms. The summed E-state index contributed by atoms with van der Waals surface area (Å²) in [6, 6.07) is 8.29. The van der Waals surface area contributed by atoms with Gasteiger partial charge in [-0.3, -0.25) is 4.79 Å². The third-order valence-corrected chi connectivity index (χ3v) is 4.73. The van der Waals surface area contributed by atoms with E-state index in [9.17, 15) is 4.79 Å². The summed E-state index contributed by atoms with van der Waals surface area (Å²) in [6.45, 7) is 0. The van der Waals surface area contributed by atoms with Crippen LogP contribution in [0.15, 0.2) is 24.3 Å². The minimum atomic E-state index is 0.141. The van der Waals surface area contributed by atoms with Gasteiger partial charge in [0.05, 0.1) is 0 Å². The Kier molecular flexibility index (Phi) is 3.79. The molecule has 0 heterocycles. The maximum Gasteiger partial charge on any atom is 0.223 e. The Morgan fingerprint density at radius 1 is 1.16 bits per heavy atom. The Labute approximate surface area is 119 Å². The summed E-state index contributed by atoms with van der Waals surface area (Å²) in [7, 11) is 0. The second-order valence-electron chi connectivity index (χ2n) is 5.81. The number of nitrogens with one attached hydrogen (secondary N) is 1. The van der Waals surface area contributed by atoms with Crippen LogP contribution in [0.5, 0.6) is 0 Å². The SMILES string of the molecule is O=C(NC1CCCCC1)C1CC1c1ccccc1Cl. The van der Waals surface area contributed by atoms with Gasteiger partial charge >= 0.3 is 0 Å². The molecule has 1 N–H and O–H groups in total. The Morgan fingerprint density at radius 2 is 1.89 bits per heavy atom. The summed E-state index contributed by atoms with van der Waals surface area (Å²) in [4.78, 5) is 12.2. The highest BCUT2D eigenvalue weighted by Gasteiger charge is 2.45. The Bertz CT molecular complexity index is 468. The highest BCUT2D eigenvalue weighted by atomic mass is 35.5. The van der Waals surface area contributed by atoms with Crippen molar-refractivity contribution in [1.29, 1.82) is 0 Å². The number of carbonyl (C=O) groups excluding carboxylic acids is 1. The van der Waals surface area contributed by atoms with Crippen molar-refractivity contribution in [3.8, 4) is 0 Å². The molecule has 0 saturated heterocycles. The lowest BCUT2D eigenvalue weighted by molar-refractivity contribution is -0.123. The van der Waals surface area contributed by atoms with Crippen LogP contribution >= 0.6 is 11.6 Å². The van der Waals surface area contributed by atoms with Crippen molar-refractivity contribution < 1.29 is 4.79 Å². The molecule has 1 aromatic rings. The first-order chi connectivity index (χ1) is 9.25. The van der Waals surface area contributed by atoms with Crippen LogP contribution < -0.4 is 5.32 Å². The van der Waals surface area contributed by atoms with Crippen molar-refractivity contribution in [3.63, 3.8) is 0 Å². The van der Waals surface area contributed by atoms with Gasteiger partial charge in [0.25, 0.3) is 0 Å². The fourth-order valence-corrected chi connectivity index (χ4v) is 3.44. The van der Waals surface area contributed by atoms with E-state index in [1.54, 1.807) is 0 Å². The molecule has 2 fully saturated rings. The molecule has 2 aliphatic rings. The standard InChI is InChI=1S/C16H20ClNO/c17-15-9-5-4-8-12(15)13-10-14(13)16(19)18-11-6-2-1-3-7-11/h4-5,8-9,11,13-14H,1-3,6-7,10H2,(H,18,19). The summed E-state index contributed by atoms with van der Waals surface area (Å²) < 4.78 is 0. The van der Waals surface area contributed by atoms with Gasteiger partial charge in [0.15, 0.2) is 0 Å². The van der Waals surface area contributed by atoms with Gasteiger partial charge in [-0.15, -0.1) is 0 Å². The van der Waals surface area contributed by atoms with E-state index >= 15 is 0 Å². The van der Waals surface area contributed by atoms with Crippen molar-refractivity contribution >= 4 is 17.5 Å². The maximum atomic E-state index is 12.2. The van der Waals surface area contributed by atoms with Crippen molar-refractivity contribution in [2.75, 3.05) is 0 Å². The molecule has 0 aliphatic heterocycles. The first kappa shape index (κ1) is 13.0. The molecule has 2 saturated carbocycles. The molecule has 0 bridgehead atoms. The van der Waals surface area contributed by atoms with Gasteiger partial charge in [0.2, 0.25) is 5.91 Å². The second kappa shape index (κ2) is 5.54. The van der Waals surface area contributed by atoms with E-state index in [4.69, 9.17) is 11.6 Å². The number of hydrogen-bond donors (Lipinski definition) is 1. The van der Waals surface area contributed by atoms with Crippen LogP contribution in [-0.2, 0) is 4.79 Å². The van der Waals surface area contributed by atoms with E-state index in [0.29, 0.717) is 12.0 Å². The molecule has 3 heteroatoms. The highest BCUT2D eigenvalue weighted by Crippen LogP contribution is 2.49. The number of amides is 1. The van der Waals surface area contributed by atoms with Gasteiger partial charge < -0.3 is 5.32 Å². The lowest BCUT2D eigenvalue weighted by Crippen LogP contribution is -2.37. The summed E-state index contributed by atoms with van der Waals surface area (Å²) >= 11 is 6.19. The number of rotatable bonds is 3. The fraction of sp³-hybridized carbons (Fsp3) is 0.562. The van der Waals surface area contributed by atoms with Crippen LogP contribution in [0, 0.1) is 5.92 Å². The molecule has 0 aromatic heterocycles. The summed E-state index contributed by atoms with van der Waals surface area (Å²) in [5.74, 6) is 0.705. The molecule has 102 valence electrons. The summed E-state index contributed by atoms with van der Waals surface area (Å²) in [5.41, 5.74) is 1.13. The molecule has 1 amide bonds. The highest BCUT2D eigenvalue weighted by molar-refractivity contribution is 6.31. The number of hydrogen-bond acceptors (Lipinski definition) is 1. The van der Waals surface area contributed by atoms with Crippen LogP contribution in [-0.4, -0.2) is 11.9 Å². The van der Waals surface area contributed by atoms with Crippen LogP contribution in [0.2, 0.25) is 5.02 Å². The normalized spacial score (nSPS) is 27.0. The minimum absolute atomic E-state index is 0.141. The zero-order valence-corrected chi connectivity index (χ0v) is 11.8. The third kappa shape index (κ3) is 2.94. The van der Waals surface area contributed by atoms with Crippen molar-refractivity contribution in [2.45, 2.75) is 50.5 Å². The van der Waals surface area contributed by atoms with Crippen LogP contribution in [0.3, 0.4) is 0 Å². The molecule has 2 nitrogen and oxygen atoms in total. The second-order valence-corrected chi connectivity index (χ2v) is 6.22. The Hall–Kier alpha value is -1.02. The molecule has 19 heavy (non-hydrogen) atoms. The molecule has 0 radical (unpaired) electrons. The lowest BCUT2D eigenvalue weighted by atomic mass is 9.95. The quantitative estimate of drug-likeness (QED) is 0.892. The first-order valence-electron chi connectivity index (χ1n) is 7.30. The third-order valence-electron chi connectivity index (χ3n) is 4.38. The molecular formula is C16H20ClNO. The van der Waals surface area contributed by atoms with Crippen LogP contribution in [0.4, 0.5) is 0 Å². The monoisotopic (exact) mass is 277 g/mol. The number of benzene rings is 1. The molecule has 2 aliphatic carbocycles. The van der Waals surface area contributed by atoms with Crippen molar-refractivity contribution in [2.24, 2.45) is 5.92 Å². The molecule has 2 atom stereocenters. The van der Waals surface area contributed by atoms with Gasteiger partial charge in [-0.1, -0.05) is 49.1 Å². The predicted octanol–water partition coefficient (Wildman–Crippen LogP) is 3.89. The molecular weight excluding hydrogens is 258 g/mol. The van der Waals surface area contributed by atoms with E-state index < -0.39 is 0 Å². The zero-order valence-electron chi connectivity index (χ0n) is 11.1. The van der Waals surface area contributed by atoms with Gasteiger partial charge in [-0.05, 0) is 36.8 Å². The van der Waals surface area contributed by atoms with E-state index in [1.807, 2.05) is 24.3 Å². The van der Waals surface area contributed by atoms with E-state index in [-0.39, 0.29) is 11.8 Å². The summed E-state index contributed by atoms with van der Waals surface area (Å²) in [6.07, 6.45) is 7.07. The van der Waals surface area contributed by atoms with E-state index in [2.05, 4.69) is 5.32 Å². The molecule has 2 unspecified atom stereocenters. The van der Waals surface area contributed by atoms with E-state index in [0.717, 1.165) is 29.8 Å². The van der Waals surface area contributed by atoms with E-state index in [1.165, 1.54) is 19.3 Å². The Balaban J connectivity index is 1.57. The summed E-state index contributed by atoms with van der Waals surface area (Å²) in [5, 5.41) is 4.01. The Morgan fingerprint density at radius 3 is 2.63 bits per heavy atom. The predicted molar refractivity (Wildman–Crippen MR) is 77.3 cm³/mol. The number of halogens is 1. The minimum Gasteiger partial charge on any atom is -0.353 e. The average molecular weight is 278 g/mol. The van der Waals surface area contributed by atoms with Crippen LogP contribution in [0.1, 0.15) is 50.0 Å². The maximum absolute atomic E-state index is 12.2. The van der Waals surface area contributed by atoms with Gasteiger partial charge in [0, 0.05) is 17.0 Å². The van der Waals surface area contributed by atoms with Gasteiger partial charge in [0.1, 0.15) is 0 Å². The molecule has 1 aromatic carbocycles. The topological polar surface area (TPSA) is 29.1 Å². The fourth-order valence-electron chi connectivity index (χ4n) is 3.16. The smallest absolute Gasteiger partial charge is 0.223 e. The zero-order chi connectivity index (χ0) is 13.2. The largest absolute Gasteiger partial charge is 0.353 e. The first-order valence-corrected chi connectivity index (χ1v) is 7.68. The van der Waals surface area contributed by atoms with Gasteiger partial charge in [-0.2, -0.15) is 0 Å². The van der Waals surface area contributed by atoms with Crippen LogP contribution in [0.25, 0.3) is 0 Å². The average Bonchev–Trinajstić information content (AvgIpc) is 3.21. The number of carbonyl (C=O) groups is 1. The van der Waals surface area contributed by atoms with Gasteiger partial charge in [-0.25, -0.2) is 0 Å².